The van der Waals surface area contributed by atoms with Crippen LogP contribution in [0.2, 0.25) is 0 Å². The molecule has 1 aliphatic carbocycles. The molecule has 1 heterocycles. The van der Waals surface area contributed by atoms with Crippen LogP contribution in [0.1, 0.15) is 39.0 Å². The molecule has 0 saturated heterocycles. The highest BCUT2D eigenvalue weighted by Gasteiger charge is 2.43. The molecule has 2 aromatic rings. The summed E-state index contributed by atoms with van der Waals surface area (Å²) in [5.41, 5.74) is 1.42. The van der Waals surface area contributed by atoms with E-state index in [0.717, 1.165) is 31.9 Å². The van der Waals surface area contributed by atoms with Gasteiger partial charge in [0, 0.05) is 36.7 Å². The summed E-state index contributed by atoms with van der Waals surface area (Å²) in [5, 5.41) is 18.5. The second-order valence-electron chi connectivity index (χ2n) is 9.27. The molecule has 1 amide bonds. The Hall–Kier alpha value is -2.76. The SMILES string of the molecule is C[C@@](CCn1ccc(-c2ccc(OC[C@H]3CC[C@H](O)CC3)cc2F)cc1=O)(C(=O)NO)S(C)(=O)=O. The van der Waals surface area contributed by atoms with Crippen LogP contribution in [-0.4, -0.2) is 52.9 Å². The molecule has 1 aromatic heterocycles. The minimum absolute atomic E-state index is 0.108. The minimum Gasteiger partial charge on any atom is -0.493 e. The predicted molar refractivity (Wildman–Crippen MR) is 127 cm³/mol. The summed E-state index contributed by atoms with van der Waals surface area (Å²) in [5.74, 6) is -0.937. The fourth-order valence-electron chi connectivity index (χ4n) is 4.12. The highest BCUT2D eigenvalue weighted by Crippen LogP contribution is 2.28. The van der Waals surface area contributed by atoms with Crippen molar-refractivity contribution < 1.29 is 32.7 Å². The van der Waals surface area contributed by atoms with Crippen LogP contribution < -0.4 is 15.8 Å². The molecular formula is C24H31FN2O7S. The first kappa shape index (κ1) is 26.8. The van der Waals surface area contributed by atoms with E-state index in [0.29, 0.717) is 23.8 Å². The molecule has 0 spiro atoms. The molecule has 1 aromatic carbocycles. The number of amides is 1. The molecule has 3 rings (SSSR count). The number of nitrogens with zero attached hydrogens (tertiary/aromatic N) is 1. The van der Waals surface area contributed by atoms with E-state index >= 15 is 0 Å². The van der Waals surface area contributed by atoms with Gasteiger partial charge in [0.15, 0.2) is 14.6 Å². The minimum atomic E-state index is -3.89. The molecule has 0 unspecified atom stereocenters. The van der Waals surface area contributed by atoms with Gasteiger partial charge in [-0.3, -0.25) is 14.8 Å². The molecule has 1 saturated carbocycles. The van der Waals surface area contributed by atoms with Crippen molar-refractivity contribution in [1.82, 2.24) is 10.0 Å². The summed E-state index contributed by atoms with van der Waals surface area (Å²) in [7, 11) is -3.89. The van der Waals surface area contributed by atoms with Crippen LogP contribution in [0.25, 0.3) is 11.1 Å². The van der Waals surface area contributed by atoms with E-state index in [9.17, 15) is 27.5 Å². The van der Waals surface area contributed by atoms with Gasteiger partial charge < -0.3 is 14.4 Å². The molecule has 1 fully saturated rings. The summed E-state index contributed by atoms with van der Waals surface area (Å²) < 4.78 is 44.0. The Morgan fingerprint density at radius 2 is 1.91 bits per heavy atom. The van der Waals surface area contributed by atoms with E-state index in [2.05, 4.69) is 0 Å². The van der Waals surface area contributed by atoms with Gasteiger partial charge >= 0.3 is 0 Å². The fraction of sp³-hybridized carbons (Fsp3) is 0.500. The quantitative estimate of drug-likeness (QED) is 0.348. The molecule has 1 atom stereocenters. The third kappa shape index (κ3) is 6.28. The predicted octanol–water partition coefficient (Wildman–Crippen LogP) is 2.28. The molecule has 3 N–H and O–H groups in total. The van der Waals surface area contributed by atoms with Crippen molar-refractivity contribution in [3.05, 3.63) is 52.7 Å². The lowest BCUT2D eigenvalue weighted by Crippen LogP contribution is -2.49. The van der Waals surface area contributed by atoms with Gasteiger partial charge in [-0.1, -0.05) is 0 Å². The molecular weight excluding hydrogens is 479 g/mol. The fourth-order valence-corrected chi connectivity index (χ4v) is 4.97. The van der Waals surface area contributed by atoms with Crippen molar-refractivity contribution >= 4 is 15.7 Å². The number of pyridine rings is 1. The number of hydroxylamine groups is 1. The molecule has 192 valence electrons. The van der Waals surface area contributed by atoms with Gasteiger partial charge in [-0.15, -0.1) is 0 Å². The third-order valence-corrected chi connectivity index (χ3v) is 8.81. The zero-order chi connectivity index (χ0) is 25.8. The number of benzene rings is 1. The van der Waals surface area contributed by atoms with E-state index in [4.69, 9.17) is 9.94 Å². The zero-order valence-electron chi connectivity index (χ0n) is 19.7. The third-order valence-electron chi connectivity index (χ3n) is 6.78. The number of aromatic nitrogens is 1. The van der Waals surface area contributed by atoms with Crippen LogP contribution in [0.3, 0.4) is 0 Å². The molecule has 35 heavy (non-hydrogen) atoms. The number of rotatable bonds is 9. The lowest BCUT2D eigenvalue weighted by Gasteiger charge is -2.25. The van der Waals surface area contributed by atoms with E-state index in [1.807, 2.05) is 0 Å². The number of hydrogen-bond acceptors (Lipinski definition) is 7. The Morgan fingerprint density at radius 1 is 1.23 bits per heavy atom. The summed E-state index contributed by atoms with van der Waals surface area (Å²) in [4.78, 5) is 24.5. The van der Waals surface area contributed by atoms with Crippen molar-refractivity contribution in [2.45, 2.75) is 56.4 Å². The van der Waals surface area contributed by atoms with Crippen molar-refractivity contribution in [2.24, 2.45) is 5.92 Å². The maximum Gasteiger partial charge on any atom is 0.264 e. The Morgan fingerprint density at radius 3 is 2.49 bits per heavy atom. The number of aliphatic hydroxyl groups is 1. The first-order chi connectivity index (χ1) is 16.4. The Kier molecular flexibility index (Phi) is 8.34. The molecule has 9 nitrogen and oxygen atoms in total. The van der Waals surface area contributed by atoms with E-state index in [-0.39, 0.29) is 24.6 Å². The van der Waals surface area contributed by atoms with Crippen LogP contribution in [0.15, 0.2) is 41.3 Å². The van der Waals surface area contributed by atoms with Crippen LogP contribution >= 0.6 is 0 Å². The lowest BCUT2D eigenvalue weighted by atomic mass is 9.88. The molecule has 0 radical (unpaired) electrons. The normalized spacial score (nSPS) is 20.1. The summed E-state index contributed by atoms with van der Waals surface area (Å²) in [6.07, 6.45) is 5.00. The summed E-state index contributed by atoms with van der Waals surface area (Å²) in [6.45, 7) is 1.51. The van der Waals surface area contributed by atoms with Crippen molar-refractivity contribution in [2.75, 3.05) is 12.9 Å². The second kappa shape index (κ2) is 10.9. The van der Waals surface area contributed by atoms with Crippen LogP contribution in [0.5, 0.6) is 5.75 Å². The Labute approximate surface area is 203 Å². The first-order valence-corrected chi connectivity index (χ1v) is 13.3. The number of aliphatic hydroxyl groups excluding tert-OH is 1. The number of aryl methyl sites for hydroxylation is 1. The number of hydrogen-bond donors (Lipinski definition) is 3. The smallest absolute Gasteiger partial charge is 0.264 e. The number of halogens is 1. The van der Waals surface area contributed by atoms with Gasteiger partial charge in [0.2, 0.25) is 0 Å². The van der Waals surface area contributed by atoms with Gasteiger partial charge in [0.1, 0.15) is 11.6 Å². The van der Waals surface area contributed by atoms with Gasteiger partial charge in [-0.25, -0.2) is 18.3 Å². The molecule has 0 bridgehead atoms. The standard InChI is InChI=1S/C24H31FN2O7S/c1-24(23(30)26-31,35(2,32)33)10-12-27-11-9-17(13-22(27)29)20-8-7-19(14-21(20)25)34-15-16-3-5-18(28)6-4-16/h7-9,11,13-14,16,18,28,31H,3-6,10,12,15H2,1-2H3,(H,26,30)/t16-,18-,24-/m1/s1. The second-order valence-corrected chi connectivity index (χ2v) is 11.7. The highest BCUT2D eigenvalue weighted by atomic mass is 32.2. The maximum absolute atomic E-state index is 14.8. The number of ether oxygens (including phenoxy) is 1. The average Bonchev–Trinajstić information content (AvgIpc) is 2.81. The summed E-state index contributed by atoms with van der Waals surface area (Å²) in [6, 6.07) is 7.19. The zero-order valence-corrected chi connectivity index (χ0v) is 20.6. The Bertz CT molecular complexity index is 1220. The molecule has 1 aliphatic rings. The highest BCUT2D eigenvalue weighted by molar-refractivity contribution is 7.92. The number of carbonyl (C=O) groups is 1. The van der Waals surface area contributed by atoms with Gasteiger partial charge in [-0.2, -0.15) is 0 Å². The van der Waals surface area contributed by atoms with Crippen molar-refractivity contribution in [3.8, 4) is 16.9 Å². The van der Waals surface area contributed by atoms with Gasteiger partial charge in [0.25, 0.3) is 11.5 Å². The number of sulfone groups is 1. The lowest BCUT2D eigenvalue weighted by molar-refractivity contribution is -0.131. The topological polar surface area (TPSA) is 135 Å². The van der Waals surface area contributed by atoms with Crippen molar-refractivity contribution in [1.29, 1.82) is 0 Å². The maximum atomic E-state index is 14.8. The molecule has 11 heteroatoms. The summed E-state index contributed by atoms with van der Waals surface area (Å²) >= 11 is 0. The number of nitrogens with one attached hydrogen (secondary N) is 1. The van der Waals surface area contributed by atoms with Gasteiger partial charge in [-0.05, 0) is 68.7 Å². The van der Waals surface area contributed by atoms with Gasteiger partial charge in [0.05, 0.1) is 12.7 Å². The van der Waals surface area contributed by atoms with Crippen LogP contribution in [0.4, 0.5) is 4.39 Å². The monoisotopic (exact) mass is 510 g/mol. The van der Waals surface area contributed by atoms with E-state index in [1.165, 1.54) is 47.4 Å². The number of carbonyl (C=O) groups excluding carboxylic acids is 1. The molecule has 0 aliphatic heterocycles. The van der Waals surface area contributed by atoms with Crippen molar-refractivity contribution in [3.63, 3.8) is 0 Å². The van der Waals surface area contributed by atoms with E-state index in [1.54, 1.807) is 6.07 Å². The Balaban J connectivity index is 1.70. The van der Waals surface area contributed by atoms with Crippen LogP contribution in [0, 0.1) is 11.7 Å². The van der Waals surface area contributed by atoms with E-state index < -0.39 is 31.9 Å². The van der Waals surface area contributed by atoms with Crippen LogP contribution in [-0.2, 0) is 21.2 Å². The largest absolute Gasteiger partial charge is 0.493 e. The first-order valence-electron chi connectivity index (χ1n) is 11.4. The average molecular weight is 511 g/mol.